The van der Waals surface area contributed by atoms with Crippen LogP contribution in [-0.2, 0) is 11.2 Å². The zero-order valence-electron chi connectivity index (χ0n) is 14.8. The van der Waals surface area contributed by atoms with Gasteiger partial charge in [-0.1, -0.05) is 42.5 Å². The van der Waals surface area contributed by atoms with E-state index in [4.69, 9.17) is 4.74 Å². The minimum absolute atomic E-state index is 0.130. The number of carbonyl (C=O) groups excluding carboxylic acids is 2. The Labute approximate surface area is 161 Å². The molecular formula is C22H17FN2O3. The zero-order valence-corrected chi connectivity index (χ0v) is 14.8. The first-order valence-electron chi connectivity index (χ1n) is 8.54. The normalized spacial score (nSPS) is 10.6. The highest BCUT2D eigenvalue weighted by Crippen LogP contribution is 2.15. The van der Waals surface area contributed by atoms with Gasteiger partial charge in [-0.25, -0.2) is 14.6 Å². The van der Waals surface area contributed by atoms with Crippen molar-refractivity contribution in [2.45, 2.75) is 6.42 Å². The Balaban J connectivity index is 1.52. The third-order valence-corrected chi connectivity index (χ3v) is 3.79. The molecule has 0 saturated heterocycles. The number of benzene rings is 3. The lowest BCUT2D eigenvalue weighted by atomic mass is 10.1. The molecule has 0 radical (unpaired) electrons. The summed E-state index contributed by atoms with van der Waals surface area (Å²) in [6, 6.07) is 21.4. The van der Waals surface area contributed by atoms with Crippen LogP contribution in [0.1, 0.15) is 21.5 Å². The van der Waals surface area contributed by atoms with Gasteiger partial charge in [0.2, 0.25) is 5.91 Å². The van der Waals surface area contributed by atoms with Gasteiger partial charge in [0, 0.05) is 0 Å². The molecule has 3 rings (SSSR count). The van der Waals surface area contributed by atoms with Crippen LogP contribution < -0.4 is 10.2 Å². The largest absolute Gasteiger partial charge is 0.423 e. The number of amides is 1. The molecule has 0 aliphatic carbocycles. The van der Waals surface area contributed by atoms with Gasteiger partial charge >= 0.3 is 5.97 Å². The number of esters is 1. The number of rotatable bonds is 6. The van der Waals surface area contributed by atoms with E-state index in [1.165, 1.54) is 24.4 Å². The van der Waals surface area contributed by atoms with Crippen LogP contribution in [0, 0.1) is 5.82 Å². The molecule has 28 heavy (non-hydrogen) atoms. The Morgan fingerprint density at radius 1 is 0.929 bits per heavy atom. The standard InChI is InChI=1S/C22H17FN2O3/c23-20-9-5-4-8-19(20)22(27)28-18-12-10-17(11-13-18)15-24-25-21(26)14-16-6-2-1-3-7-16/h1-13,15H,14H2,(H,25,26)/b24-15+. The Morgan fingerprint density at radius 3 is 2.32 bits per heavy atom. The molecule has 0 aliphatic heterocycles. The molecular weight excluding hydrogens is 359 g/mol. The molecule has 6 heteroatoms. The molecule has 0 aromatic heterocycles. The number of carbonyl (C=O) groups is 2. The Morgan fingerprint density at radius 2 is 1.61 bits per heavy atom. The van der Waals surface area contributed by atoms with Gasteiger partial charge in [0.15, 0.2) is 0 Å². The van der Waals surface area contributed by atoms with Gasteiger partial charge in [0.05, 0.1) is 18.2 Å². The Kier molecular flexibility index (Phi) is 6.25. The van der Waals surface area contributed by atoms with Crippen LogP contribution in [0.3, 0.4) is 0 Å². The summed E-state index contributed by atoms with van der Waals surface area (Å²) in [5.74, 6) is -1.36. The van der Waals surface area contributed by atoms with Crippen LogP contribution in [0.25, 0.3) is 0 Å². The smallest absolute Gasteiger partial charge is 0.346 e. The first kappa shape index (κ1) is 19.0. The third-order valence-electron chi connectivity index (χ3n) is 3.79. The van der Waals surface area contributed by atoms with E-state index in [2.05, 4.69) is 10.5 Å². The molecule has 0 heterocycles. The number of hydrogen-bond donors (Lipinski definition) is 1. The maximum atomic E-state index is 13.6. The van der Waals surface area contributed by atoms with Crippen molar-refractivity contribution in [2.75, 3.05) is 0 Å². The van der Waals surface area contributed by atoms with Gasteiger partial charge in [0.25, 0.3) is 0 Å². The molecule has 140 valence electrons. The van der Waals surface area contributed by atoms with Gasteiger partial charge in [-0.3, -0.25) is 4.79 Å². The number of hydrazone groups is 1. The lowest BCUT2D eigenvalue weighted by Gasteiger charge is -2.05. The fraction of sp³-hybridized carbons (Fsp3) is 0.0455. The number of ether oxygens (including phenoxy) is 1. The Bertz CT molecular complexity index is 986. The average Bonchev–Trinajstić information content (AvgIpc) is 2.70. The number of hydrogen-bond acceptors (Lipinski definition) is 4. The van der Waals surface area contributed by atoms with E-state index in [0.717, 1.165) is 5.56 Å². The third kappa shape index (κ3) is 5.35. The van der Waals surface area contributed by atoms with Crippen molar-refractivity contribution in [3.63, 3.8) is 0 Å². The van der Waals surface area contributed by atoms with Crippen molar-refractivity contribution in [3.8, 4) is 5.75 Å². The monoisotopic (exact) mass is 376 g/mol. The lowest BCUT2D eigenvalue weighted by molar-refractivity contribution is -0.120. The van der Waals surface area contributed by atoms with Gasteiger partial charge in [0.1, 0.15) is 11.6 Å². The SMILES string of the molecule is O=C(Cc1ccccc1)N/N=C/c1ccc(OC(=O)c2ccccc2F)cc1. The molecule has 1 amide bonds. The molecule has 0 unspecified atom stereocenters. The van der Waals surface area contributed by atoms with E-state index in [1.807, 2.05) is 30.3 Å². The predicted octanol–water partition coefficient (Wildman–Crippen LogP) is 3.74. The number of halogens is 1. The van der Waals surface area contributed by atoms with E-state index in [9.17, 15) is 14.0 Å². The van der Waals surface area contributed by atoms with Gasteiger partial charge in [-0.05, 0) is 47.5 Å². The quantitative estimate of drug-likeness (QED) is 0.308. The van der Waals surface area contributed by atoms with Crippen molar-refractivity contribution in [3.05, 3.63) is 101 Å². The molecule has 0 bridgehead atoms. The van der Waals surface area contributed by atoms with E-state index in [0.29, 0.717) is 5.56 Å². The van der Waals surface area contributed by atoms with E-state index in [-0.39, 0.29) is 23.6 Å². The number of nitrogens with zero attached hydrogens (tertiary/aromatic N) is 1. The summed E-state index contributed by atoms with van der Waals surface area (Å²) in [7, 11) is 0. The second-order valence-corrected chi connectivity index (χ2v) is 5.89. The van der Waals surface area contributed by atoms with E-state index >= 15 is 0 Å². The van der Waals surface area contributed by atoms with Crippen molar-refractivity contribution in [1.82, 2.24) is 5.43 Å². The molecule has 0 aliphatic rings. The average molecular weight is 376 g/mol. The van der Waals surface area contributed by atoms with Crippen molar-refractivity contribution in [2.24, 2.45) is 5.10 Å². The van der Waals surface area contributed by atoms with Crippen LogP contribution in [0.15, 0.2) is 84.0 Å². The summed E-state index contributed by atoms with van der Waals surface area (Å²) in [5, 5.41) is 3.91. The second-order valence-electron chi connectivity index (χ2n) is 5.89. The highest BCUT2D eigenvalue weighted by Gasteiger charge is 2.13. The second kappa shape index (κ2) is 9.23. The topological polar surface area (TPSA) is 67.8 Å². The summed E-state index contributed by atoms with van der Waals surface area (Å²) < 4.78 is 18.7. The molecule has 5 nitrogen and oxygen atoms in total. The summed E-state index contributed by atoms with van der Waals surface area (Å²) in [6.07, 6.45) is 1.72. The maximum absolute atomic E-state index is 13.6. The summed E-state index contributed by atoms with van der Waals surface area (Å²) in [6.45, 7) is 0. The Hall–Kier alpha value is -3.80. The van der Waals surface area contributed by atoms with E-state index < -0.39 is 11.8 Å². The fourth-order valence-corrected chi connectivity index (χ4v) is 2.41. The molecule has 0 fully saturated rings. The molecule has 1 N–H and O–H groups in total. The van der Waals surface area contributed by atoms with E-state index in [1.54, 1.807) is 30.3 Å². The minimum Gasteiger partial charge on any atom is -0.423 e. The summed E-state index contributed by atoms with van der Waals surface area (Å²) >= 11 is 0. The van der Waals surface area contributed by atoms with Crippen LogP contribution in [0.5, 0.6) is 5.75 Å². The van der Waals surface area contributed by atoms with Crippen molar-refractivity contribution in [1.29, 1.82) is 0 Å². The van der Waals surface area contributed by atoms with Crippen molar-refractivity contribution < 1.29 is 18.7 Å². The lowest BCUT2D eigenvalue weighted by Crippen LogP contribution is -2.19. The highest BCUT2D eigenvalue weighted by atomic mass is 19.1. The van der Waals surface area contributed by atoms with Crippen molar-refractivity contribution >= 4 is 18.1 Å². The van der Waals surface area contributed by atoms with Crippen LogP contribution >= 0.6 is 0 Å². The maximum Gasteiger partial charge on any atom is 0.346 e. The molecule has 0 spiro atoms. The van der Waals surface area contributed by atoms with Crippen LogP contribution in [0.2, 0.25) is 0 Å². The highest BCUT2D eigenvalue weighted by molar-refractivity contribution is 5.91. The fourth-order valence-electron chi connectivity index (χ4n) is 2.41. The molecule has 0 saturated carbocycles. The summed E-state index contributed by atoms with van der Waals surface area (Å²) in [4.78, 5) is 23.8. The summed E-state index contributed by atoms with van der Waals surface area (Å²) in [5.41, 5.74) is 3.93. The van der Waals surface area contributed by atoms with Gasteiger partial charge < -0.3 is 4.74 Å². The molecule has 3 aromatic carbocycles. The number of nitrogens with one attached hydrogen (secondary N) is 1. The van der Waals surface area contributed by atoms with Gasteiger partial charge in [-0.15, -0.1) is 0 Å². The first-order chi connectivity index (χ1) is 13.6. The molecule has 3 aromatic rings. The predicted molar refractivity (Wildman–Crippen MR) is 104 cm³/mol. The van der Waals surface area contributed by atoms with Crippen LogP contribution in [-0.4, -0.2) is 18.1 Å². The molecule has 0 atom stereocenters. The van der Waals surface area contributed by atoms with Crippen LogP contribution in [0.4, 0.5) is 4.39 Å². The van der Waals surface area contributed by atoms with Gasteiger partial charge in [-0.2, -0.15) is 5.10 Å². The minimum atomic E-state index is -0.771. The zero-order chi connectivity index (χ0) is 19.8. The first-order valence-corrected chi connectivity index (χ1v) is 8.54.